The molecule has 79 heavy (non-hydrogen) atoms. The lowest BCUT2D eigenvalue weighted by molar-refractivity contribution is -0.384. The molecule has 444 valence electrons. The van der Waals surface area contributed by atoms with Crippen molar-refractivity contribution in [2.75, 3.05) is 20.2 Å². The van der Waals surface area contributed by atoms with Crippen LogP contribution in [0, 0.1) is 16.0 Å². The van der Waals surface area contributed by atoms with E-state index in [0.717, 1.165) is 4.90 Å². The van der Waals surface area contributed by atoms with Crippen molar-refractivity contribution < 1.29 is 92.0 Å². The van der Waals surface area contributed by atoms with E-state index in [-0.39, 0.29) is 50.3 Å². The molecule has 5 rings (SSSR count). The predicted octanol–water partition coefficient (Wildman–Crippen LogP) is 3.65. The number of likely N-dealkylation sites (N-methyl/N-ethyl adjacent to an activating group) is 1. The number of aliphatic hydroxyl groups is 4. The average Bonchev–Trinajstić information content (AvgIpc) is 3.35. The number of nitrogens with zero attached hydrogens (tertiary/aromatic N) is 2. The molecule has 1 unspecified atom stereocenters. The fourth-order valence-corrected chi connectivity index (χ4v) is 9.58. The molecule has 0 spiro atoms. The smallest absolute Gasteiger partial charge is 0.410 e. The summed E-state index contributed by atoms with van der Waals surface area (Å²) in [5.74, 6) is -2.26. The van der Waals surface area contributed by atoms with Gasteiger partial charge < -0.3 is 89.8 Å². The summed E-state index contributed by atoms with van der Waals surface area (Å²) >= 11 is 0. The zero-order chi connectivity index (χ0) is 59.4. The molecule has 1 aromatic carbocycles. The van der Waals surface area contributed by atoms with Crippen molar-refractivity contribution in [3.8, 4) is 0 Å². The lowest BCUT2D eigenvalue weighted by Gasteiger charge is -2.52. The molecule has 0 radical (unpaired) electrons. The van der Waals surface area contributed by atoms with Crippen molar-refractivity contribution in [2.45, 2.75) is 217 Å². The SMILES string of the molecule is CN(C(=O)OC(C)(C)C)[C@@H]1[C@@H](O)[C@@H](O[C@@H]2[C@@H](O)[C@H](C3OC(CNC(=O)OCc4ccc([N+](=O)[O-])cc4)=CC[C@H]3NC(=O)OC(C)(C)C)[C@@H](NC(=O)OC(C)(C)C)C[C@H]2NC(=O)C2(O)CC(NC(=O)OC(C)(C)C)C2)OC[C@]1(C)O. The summed E-state index contributed by atoms with van der Waals surface area (Å²) in [6.45, 7) is 19.8. The molecule has 0 bridgehead atoms. The van der Waals surface area contributed by atoms with Gasteiger partial charge in [-0.25, -0.2) is 24.0 Å². The van der Waals surface area contributed by atoms with Crippen molar-refractivity contribution in [1.29, 1.82) is 0 Å². The van der Waals surface area contributed by atoms with Gasteiger partial charge in [0.25, 0.3) is 11.6 Å². The van der Waals surface area contributed by atoms with Crippen LogP contribution in [-0.4, -0.2) is 181 Å². The van der Waals surface area contributed by atoms with Crippen molar-refractivity contribution in [2.24, 2.45) is 5.92 Å². The molecular weight excluding hydrogens is 1040 g/mol. The molecule has 27 heteroatoms. The van der Waals surface area contributed by atoms with Gasteiger partial charge in [-0.05, 0) is 127 Å². The van der Waals surface area contributed by atoms with Gasteiger partial charge in [0, 0.05) is 50.0 Å². The summed E-state index contributed by atoms with van der Waals surface area (Å²) < 4.78 is 46.5. The highest BCUT2D eigenvalue weighted by molar-refractivity contribution is 5.87. The molecule has 2 saturated carbocycles. The highest BCUT2D eigenvalue weighted by Crippen LogP contribution is 2.40. The van der Waals surface area contributed by atoms with Gasteiger partial charge in [0.05, 0.1) is 42.3 Å². The second-order valence-electron chi connectivity index (χ2n) is 24.7. The van der Waals surface area contributed by atoms with E-state index in [9.17, 15) is 59.3 Å². The number of hydrogen-bond acceptors (Lipinski definition) is 20. The zero-order valence-corrected chi connectivity index (χ0v) is 47.4. The number of nitrogens with one attached hydrogen (secondary N) is 5. The minimum absolute atomic E-state index is 0.0312. The normalized spacial score (nSPS) is 30.1. The number of rotatable bonds is 14. The van der Waals surface area contributed by atoms with E-state index in [2.05, 4.69) is 26.6 Å². The Kier molecular flexibility index (Phi) is 19.8. The quantitative estimate of drug-likeness (QED) is 0.0729. The number of benzene rings is 1. The van der Waals surface area contributed by atoms with Gasteiger partial charge >= 0.3 is 30.5 Å². The molecule has 3 fully saturated rings. The molecule has 2 aliphatic heterocycles. The highest BCUT2D eigenvalue weighted by atomic mass is 16.7. The van der Waals surface area contributed by atoms with Gasteiger partial charge in [-0.1, -0.05) is 0 Å². The first-order valence-corrected chi connectivity index (χ1v) is 26.1. The fraction of sp³-hybridized carbons (Fsp3) is 0.731. The van der Waals surface area contributed by atoms with Gasteiger partial charge in [0.15, 0.2) is 6.29 Å². The highest BCUT2D eigenvalue weighted by Gasteiger charge is 2.58. The van der Waals surface area contributed by atoms with Crippen LogP contribution in [-0.2, 0) is 49.3 Å². The molecule has 27 nitrogen and oxygen atoms in total. The third-order valence-electron chi connectivity index (χ3n) is 12.9. The Morgan fingerprint density at radius 3 is 1.81 bits per heavy atom. The Hall–Kier alpha value is -6.26. The minimum Gasteiger partial charge on any atom is -0.491 e. The Labute approximate surface area is 459 Å². The summed E-state index contributed by atoms with van der Waals surface area (Å²) in [5.41, 5.74) is -7.58. The molecule has 9 N–H and O–H groups in total. The standard InChI is InChI=1S/C52H81N7O20/c1-47(2,3)76-43(64)54-28-22-52(69,23-28)41(62)55-33-21-32(57-45(66)78-49(7,8)9)34(35(60)38(33)75-40-36(61)39(51(13,68)26-73-40)58(14)46(67)79-50(10,11)12)37-31(56-44(65)77-48(4,5)6)20-19-30(74-37)24-53-42(63)72-25-27-15-17-29(18-16-27)59(70)71/h15-19,28,31-40,60-61,68-69H,20-26H2,1-14H3,(H,53,63)(H,54,64)(H,55,62)(H,56,65)(H,57,66)/t28?,31-,32+,33-,34-,35+,36-,37?,38+,39-,40-,51+,52?/m1/s1. The molecule has 2 aliphatic carbocycles. The molecule has 0 aromatic heterocycles. The number of nitro benzene ring substituents is 1. The largest absolute Gasteiger partial charge is 0.491 e. The molecule has 11 atom stereocenters. The summed E-state index contributed by atoms with van der Waals surface area (Å²) in [5, 5.41) is 73.0. The van der Waals surface area contributed by atoms with E-state index < -0.39 is 148 Å². The third kappa shape index (κ3) is 18.1. The lowest BCUT2D eigenvalue weighted by Crippen LogP contribution is -2.72. The third-order valence-corrected chi connectivity index (χ3v) is 12.9. The Morgan fingerprint density at radius 2 is 1.28 bits per heavy atom. The molecular formula is C52H81N7O20. The molecule has 2 heterocycles. The van der Waals surface area contributed by atoms with Crippen LogP contribution in [0.1, 0.15) is 121 Å². The van der Waals surface area contributed by atoms with Gasteiger partial charge in [0.2, 0.25) is 0 Å². The van der Waals surface area contributed by atoms with Gasteiger partial charge in [-0.15, -0.1) is 0 Å². The van der Waals surface area contributed by atoms with E-state index in [4.69, 9.17) is 37.9 Å². The van der Waals surface area contributed by atoms with E-state index in [1.807, 2.05) is 0 Å². The number of carbonyl (C=O) groups excluding carboxylic acids is 6. The molecule has 6 amide bonds. The van der Waals surface area contributed by atoms with Gasteiger partial charge in [-0.3, -0.25) is 14.9 Å². The molecule has 1 saturated heterocycles. The number of alkyl carbamates (subject to hydrolysis) is 4. The topological polar surface area (TPSA) is 364 Å². The van der Waals surface area contributed by atoms with Crippen LogP contribution in [0.25, 0.3) is 0 Å². The first kappa shape index (κ1) is 63.6. The van der Waals surface area contributed by atoms with Gasteiger partial charge in [-0.2, -0.15) is 0 Å². The van der Waals surface area contributed by atoms with Crippen molar-refractivity contribution >= 4 is 42.1 Å². The average molecular weight is 1120 g/mol. The van der Waals surface area contributed by atoms with Crippen LogP contribution in [0.3, 0.4) is 0 Å². The summed E-state index contributed by atoms with van der Waals surface area (Å²) in [6, 6.07) is -0.550. The van der Waals surface area contributed by atoms with E-state index >= 15 is 0 Å². The number of hydrogen-bond donors (Lipinski definition) is 9. The lowest BCUT2D eigenvalue weighted by atomic mass is 9.71. The van der Waals surface area contributed by atoms with Crippen LogP contribution in [0.4, 0.5) is 29.7 Å². The molecule has 1 aromatic rings. The summed E-state index contributed by atoms with van der Waals surface area (Å²) in [7, 11) is 1.29. The number of nitro groups is 1. The molecule has 4 aliphatic rings. The Balaban J connectivity index is 1.53. The van der Waals surface area contributed by atoms with Gasteiger partial charge in [0.1, 0.15) is 64.3 Å². The number of amides is 6. The number of carbonyl (C=O) groups is 6. The summed E-state index contributed by atoms with van der Waals surface area (Å²) in [4.78, 5) is 92.3. The number of ether oxygens (including phenoxy) is 8. The second kappa shape index (κ2) is 24.6. The maximum Gasteiger partial charge on any atom is 0.410 e. The van der Waals surface area contributed by atoms with Crippen molar-refractivity contribution in [1.82, 2.24) is 31.5 Å². The predicted molar refractivity (Wildman–Crippen MR) is 278 cm³/mol. The first-order chi connectivity index (χ1) is 36.2. The van der Waals surface area contributed by atoms with E-state index in [1.165, 1.54) is 38.2 Å². The first-order valence-electron chi connectivity index (χ1n) is 26.1. The van der Waals surface area contributed by atoms with Crippen LogP contribution < -0.4 is 26.6 Å². The van der Waals surface area contributed by atoms with Crippen LogP contribution >= 0.6 is 0 Å². The Morgan fingerprint density at radius 1 is 0.747 bits per heavy atom. The number of non-ortho nitro benzene ring substituents is 1. The van der Waals surface area contributed by atoms with Crippen molar-refractivity contribution in [3.05, 3.63) is 51.8 Å². The van der Waals surface area contributed by atoms with Crippen molar-refractivity contribution in [3.63, 3.8) is 0 Å². The minimum atomic E-state index is -2.09. The van der Waals surface area contributed by atoms with Crippen LogP contribution in [0.15, 0.2) is 36.1 Å². The monoisotopic (exact) mass is 1120 g/mol. The van der Waals surface area contributed by atoms with E-state index in [1.54, 1.807) is 89.2 Å². The van der Waals surface area contributed by atoms with Crippen LogP contribution in [0.2, 0.25) is 0 Å². The maximum absolute atomic E-state index is 14.3. The number of aliphatic hydroxyl groups excluding tert-OH is 2. The second-order valence-corrected chi connectivity index (χ2v) is 24.7. The fourth-order valence-electron chi connectivity index (χ4n) is 9.58. The summed E-state index contributed by atoms with van der Waals surface area (Å²) in [6.07, 6.45) is -12.5. The Bertz CT molecular complexity index is 2390. The van der Waals surface area contributed by atoms with E-state index in [0.29, 0.717) is 5.56 Å². The maximum atomic E-state index is 14.3. The van der Waals surface area contributed by atoms with Crippen LogP contribution in [0.5, 0.6) is 0 Å². The zero-order valence-electron chi connectivity index (χ0n) is 47.4.